The monoisotopic (exact) mass is 335 g/mol. The van der Waals surface area contributed by atoms with Crippen LogP contribution in [0.25, 0.3) is 0 Å². The van der Waals surface area contributed by atoms with E-state index in [9.17, 15) is 13.2 Å². The summed E-state index contributed by atoms with van der Waals surface area (Å²) in [7, 11) is -3.15. The molecule has 1 heterocycles. The van der Waals surface area contributed by atoms with Crippen molar-refractivity contribution in [3.05, 3.63) is 0 Å². The maximum absolute atomic E-state index is 12.3. The lowest BCUT2D eigenvalue weighted by Gasteiger charge is -2.39. The second-order valence-corrected chi connectivity index (χ2v) is 9.25. The summed E-state index contributed by atoms with van der Waals surface area (Å²) in [5.41, 5.74) is 5.82. The summed E-state index contributed by atoms with van der Waals surface area (Å²) in [6.45, 7) is 2.65. The van der Waals surface area contributed by atoms with Gasteiger partial charge in [-0.25, -0.2) is 8.42 Å². The van der Waals surface area contributed by atoms with Gasteiger partial charge in [-0.05, 0) is 12.8 Å². The van der Waals surface area contributed by atoms with E-state index in [0.29, 0.717) is 24.9 Å². The normalized spacial score (nSPS) is 25.5. The molecule has 8 heteroatoms. The Hall–Kier alpha value is -0.310. The molecule has 0 aromatic rings. The van der Waals surface area contributed by atoms with Crippen LogP contribution >= 0.6 is 11.8 Å². The second kappa shape index (κ2) is 7.30. The zero-order valence-electron chi connectivity index (χ0n) is 12.5. The van der Waals surface area contributed by atoms with Gasteiger partial charge in [-0.1, -0.05) is 6.92 Å². The molecule has 2 unspecified atom stereocenters. The Balaban J connectivity index is 2.03. The molecule has 0 spiro atoms. The summed E-state index contributed by atoms with van der Waals surface area (Å²) in [4.78, 5) is 13.9. The number of nitrogens with two attached hydrogens (primary N) is 1. The van der Waals surface area contributed by atoms with E-state index >= 15 is 0 Å². The first-order valence-corrected chi connectivity index (χ1v) is 10.4. The molecule has 1 amide bonds. The first-order chi connectivity index (χ1) is 9.97. The van der Waals surface area contributed by atoms with Crippen molar-refractivity contribution >= 4 is 27.5 Å². The lowest BCUT2D eigenvalue weighted by molar-refractivity contribution is -0.122. The van der Waals surface area contributed by atoms with Crippen molar-refractivity contribution in [3.8, 4) is 0 Å². The van der Waals surface area contributed by atoms with Crippen LogP contribution in [0.15, 0.2) is 0 Å². The van der Waals surface area contributed by atoms with Crippen molar-refractivity contribution in [2.75, 3.05) is 30.3 Å². The predicted octanol–water partition coefficient (Wildman–Crippen LogP) is -0.208. The van der Waals surface area contributed by atoms with E-state index in [4.69, 9.17) is 5.73 Å². The Morgan fingerprint density at radius 1 is 1.48 bits per heavy atom. The number of hydrogen-bond donors (Lipinski definition) is 2. The number of thioether (sulfide) groups is 1. The second-order valence-electron chi connectivity index (χ2n) is 5.65. The number of nitrogens with zero attached hydrogens (tertiary/aromatic N) is 1. The van der Waals surface area contributed by atoms with E-state index in [1.54, 1.807) is 18.7 Å². The molecule has 21 heavy (non-hydrogen) atoms. The molecule has 2 atom stereocenters. The van der Waals surface area contributed by atoms with Gasteiger partial charge in [-0.15, -0.1) is 0 Å². The fourth-order valence-electron chi connectivity index (χ4n) is 2.58. The third-order valence-corrected chi connectivity index (χ3v) is 7.35. The molecule has 3 N–H and O–H groups in total. The summed E-state index contributed by atoms with van der Waals surface area (Å²) in [6, 6.07) is 0.124. The minimum absolute atomic E-state index is 0.0150. The minimum Gasteiger partial charge on any atom is -0.353 e. The van der Waals surface area contributed by atoms with E-state index in [0.717, 1.165) is 18.6 Å². The molecular weight excluding hydrogens is 310 g/mol. The summed E-state index contributed by atoms with van der Waals surface area (Å²) in [5, 5.41) is 2.44. The summed E-state index contributed by atoms with van der Waals surface area (Å²) in [6.07, 6.45) is 2.38. The third-order valence-electron chi connectivity index (χ3n) is 4.05. The average Bonchev–Trinajstić information content (AvgIpc) is 3.28. The van der Waals surface area contributed by atoms with Crippen molar-refractivity contribution in [2.45, 2.75) is 43.6 Å². The zero-order valence-corrected chi connectivity index (χ0v) is 14.1. The molecule has 0 radical (unpaired) electrons. The molecule has 1 aliphatic heterocycles. The first-order valence-electron chi connectivity index (χ1n) is 7.52. The molecule has 1 saturated carbocycles. The molecule has 1 aliphatic carbocycles. The number of sulfone groups is 1. The van der Waals surface area contributed by atoms with Gasteiger partial charge in [0.1, 0.15) is 5.37 Å². The van der Waals surface area contributed by atoms with Crippen molar-refractivity contribution in [3.63, 3.8) is 0 Å². The van der Waals surface area contributed by atoms with Gasteiger partial charge in [0.15, 0.2) is 9.84 Å². The predicted molar refractivity (Wildman–Crippen MR) is 85.9 cm³/mol. The number of carbonyl (C=O) groups excluding carboxylic acids is 1. The van der Waals surface area contributed by atoms with Gasteiger partial charge in [0.2, 0.25) is 5.91 Å². The van der Waals surface area contributed by atoms with Crippen LogP contribution < -0.4 is 11.1 Å². The van der Waals surface area contributed by atoms with Crippen LogP contribution in [0.5, 0.6) is 0 Å². The lowest BCUT2D eigenvalue weighted by atomic mass is 10.1. The third kappa shape index (κ3) is 4.58. The average molecular weight is 335 g/mol. The summed E-state index contributed by atoms with van der Waals surface area (Å²) >= 11 is 1.65. The first kappa shape index (κ1) is 17.1. The highest BCUT2D eigenvalue weighted by molar-refractivity contribution is 8.01. The highest BCUT2D eigenvalue weighted by atomic mass is 32.2. The van der Waals surface area contributed by atoms with Crippen molar-refractivity contribution < 1.29 is 13.2 Å². The highest BCUT2D eigenvalue weighted by Gasteiger charge is 2.37. The number of carbonyl (C=O) groups is 1. The Morgan fingerprint density at radius 2 is 2.19 bits per heavy atom. The van der Waals surface area contributed by atoms with Crippen molar-refractivity contribution in [1.29, 1.82) is 0 Å². The molecular formula is C13H25N3O3S2. The molecule has 2 rings (SSSR count). The molecule has 6 nitrogen and oxygen atoms in total. The van der Waals surface area contributed by atoms with E-state index in [2.05, 4.69) is 5.32 Å². The number of rotatable bonds is 7. The molecule has 0 aromatic carbocycles. The van der Waals surface area contributed by atoms with Crippen LogP contribution in [-0.2, 0) is 14.6 Å². The Kier molecular flexibility index (Phi) is 5.93. The van der Waals surface area contributed by atoms with Crippen LogP contribution in [0.1, 0.15) is 26.2 Å². The van der Waals surface area contributed by atoms with Gasteiger partial charge >= 0.3 is 0 Å². The van der Waals surface area contributed by atoms with Crippen LogP contribution in [0.4, 0.5) is 0 Å². The van der Waals surface area contributed by atoms with Crippen LogP contribution in [-0.4, -0.2) is 67.0 Å². The van der Waals surface area contributed by atoms with E-state index in [1.165, 1.54) is 0 Å². The van der Waals surface area contributed by atoms with Gasteiger partial charge in [-0.2, -0.15) is 11.8 Å². The maximum Gasteiger partial charge on any atom is 0.221 e. The molecule has 0 bridgehead atoms. The van der Waals surface area contributed by atoms with Crippen LogP contribution in [0, 0.1) is 0 Å². The van der Waals surface area contributed by atoms with Crippen molar-refractivity contribution in [2.24, 2.45) is 5.73 Å². The Morgan fingerprint density at radius 3 is 2.76 bits per heavy atom. The number of hydrogen-bond acceptors (Lipinski definition) is 6. The number of nitrogens with one attached hydrogen (secondary N) is 1. The van der Waals surface area contributed by atoms with Crippen LogP contribution in [0.2, 0.25) is 0 Å². The molecule has 2 aliphatic rings. The fraction of sp³-hybridized carbons (Fsp3) is 0.923. The summed E-state index contributed by atoms with van der Waals surface area (Å²) in [5.74, 6) is 1.56. The zero-order chi connectivity index (χ0) is 15.5. The topological polar surface area (TPSA) is 92.5 Å². The smallest absolute Gasteiger partial charge is 0.221 e. The number of amides is 1. The lowest BCUT2D eigenvalue weighted by Crippen LogP contribution is -2.55. The van der Waals surface area contributed by atoms with E-state index in [-0.39, 0.29) is 24.1 Å². The van der Waals surface area contributed by atoms with Gasteiger partial charge in [0.25, 0.3) is 0 Å². The molecule has 0 aromatic heterocycles. The van der Waals surface area contributed by atoms with Gasteiger partial charge in [0.05, 0.1) is 0 Å². The largest absolute Gasteiger partial charge is 0.353 e. The summed E-state index contributed by atoms with van der Waals surface area (Å²) < 4.78 is 24.5. The Bertz CT molecular complexity index is 465. The van der Waals surface area contributed by atoms with Gasteiger partial charge in [-0.3, -0.25) is 9.69 Å². The van der Waals surface area contributed by atoms with Crippen molar-refractivity contribution in [1.82, 2.24) is 10.2 Å². The van der Waals surface area contributed by atoms with E-state index < -0.39 is 15.2 Å². The van der Waals surface area contributed by atoms with Crippen LogP contribution in [0.3, 0.4) is 0 Å². The Labute approximate surface area is 131 Å². The SMILES string of the molecule is CCS(=O)(=O)C1CSCCN1C(CN)CC(=O)NC1CC1. The molecule has 1 saturated heterocycles. The molecule has 122 valence electrons. The minimum atomic E-state index is -3.15. The highest BCUT2D eigenvalue weighted by Crippen LogP contribution is 2.25. The van der Waals surface area contributed by atoms with Gasteiger partial charge in [0, 0.05) is 48.9 Å². The standard InChI is InChI=1S/C13H25N3O3S2/c1-2-21(18,19)13-9-20-6-5-16(13)11(8-14)7-12(17)15-10-3-4-10/h10-11,13H,2-9,14H2,1H3,(H,15,17). The van der Waals surface area contributed by atoms with E-state index in [1.807, 2.05) is 4.90 Å². The quantitative estimate of drug-likeness (QED) is 0.669. The fourth-order valence-corrected chi connectivity index (χ4v) is 5.67. The maximum atomic E-state index is 12.3. The molecule has 2 fully saturated rings. The van der Waals surface area contributed by atoms with Gasteiger partial charge < -0.3 is 11.1 Å².